The van der Waals surface area contributed by atoms with Gasteiger partial charge in [-0.3, -0.25) is 9.78 Å². The summed E-state index contributed by atoms with van der Waals surface area (Å²) in [4.78, 5) is 16.7. The van der Waals surface area contributed by atoms with E-state index in [4.69, 9.17) is 0 Å². The molecule has 0 fully saturated rings. The van der Waals surface area contributed by atoms with E-state index in [9.17, 15) is 4.79 Å². The van der Waals surface area contributed by atoms with Gasteiger partial charge in [0, 0.05) is 22.8 Å². The molecule has 1 aliphatic heterocycles. The number of aromatic nitrogens is 1. The first-order valence-corrected chi connectivity index (χ1v) is 7.24. The number of carbonyl (C=O) groups is 1. The summed E-state index contributed by atoms with van der Waals surface area (Å²) in [6, 6.07) is 15.5. The van der Waals surface area contributed by atoms with Crippen molar-refractivity contribution >= 4 is 28.2 Å². The number of hydrogen-bond acceptors (Lipinski definition) is 3. The first-order chi connectivity index (χ1) is 10.7. The minimum Gasteiger partial charge on any atom is -0.368 e. The van der Waals surface area contributed by atoms with Crippen LogP contribution in [0.3, 0.4) is 0 Å². The van der Waals surface area contributed by atoms with Crippen LogP contribution < -0.4 is 10.6 Å². The number of fused-ring (bicyclic) bond motifs is 2. The van der Waals surface area contributed by atoms with Gasteiger partial charge in [-0.15, -0.1) is 0 Å². The SMILES string of the molecule is Cc1ccc2c(c1)C(Nc1cccc3cccnc13)C(=O)N2. The average Bonchev–Trinajstić information content (AvgIpc) is 2.83. The topological polar surface area (TPSA) is 54.0 Å². The number of carbonyl (C=O) groups excluding carboxylic acids is 1. The Bertz CT molecular complexity index is 883. The number of hydrogen-bond donors (Lipinski definition) is 2. The Kier molecular flexibility index (Phi) is 2.82. The van der Waals surface area contributed by atoms with Crippen molar-refractivity contribution in [1.29, 1.82) is 0 Å². The number of aryl methyl sites for hydroxylation is 1. The van der Waals surface area contributed by atoms with Gasteiger partial charge >= 0.3 is 0 Å². The molecule has 4 heteroatoms. The van der Waals surface area contributed by atoms with Crippen LogP contribution in [0.4, 0.5) is 11.4 Å². The number of rotatable bonds is 2. The Morgan fingerprint density at radius 1 is 1.14 bits per heavy atom. The zero-order chi connectivity index (χ0) is 15.1. The summed E-state index contributed by atoms with van der Waals surface area (Å²) in [5.74, 6) is -0.0338. The van der Waals surface area contributed by atoms with Crippen LogP contribution in [0.2, 0.25) is 0 Å². The normalized spacial score (nSPS) is 16.4. The standard InChI is InChI=1S/C18H15N3O/c1-11-7-8-14-13(10-11)17(18(22)21-14)20-15-6-2-4-12-5-3-9-19-16(12)15/h2-10,17,20H,1H3,(H,21,22). The minimum atomic E-state index is -0.387. The molecule has 1 amide bonds. The molecule has 3 aromatic rings. The van der Waals surface area contributed by atoms with Gasteiger partial charge in [-0.05, 0) is 25.1 Å². The second-order valence-corrected chi connectivity index (χ2v) is 5.54. The lowest BCUT2D eigenvalue weighted by Crippen LogP contribution is -2.19. The zero-order valence-corrected chi connectivity index (χ0v) is 12.1. The molecule has 0 radical (unpaired) electrons. The number of anilines is 2. The Labute approximate surface area is 128 Å². The summed E-state index contributed by atoms with van der Waals surface area (Å²) in [7, 11) is 0. The van der Waals surface area contributed by atoms with Crippen LogP contribution in [-0.2, 0) is 4.79 Å². The summed E-state index contributed by atoms with van der Waals surface area (Å²) in [6.45, 7) is 2.03. The van der Waals surface area contributed by atoms with E-state index in [1.54, 1.807) is 6.20 Å². The predicted octanol–water partition coefficient (Wildman–Crippen LogP) is 3.65. The maximum atomic E-state index is 12.3. The summed E-state index contributed by atoms with van der Waals surface area (Å²) < 4.78 is 0. The lowest BCUT2D eigenvalue weighted by atomic mass is 10.0. The van der Waals surface area contributed by atoms with Gasteiger partial charge in [0.1, 0.15) is 6.04 Å². The van der Waals surface area contributed by atoms with Gasteiger partial charge in [0.05, 0.1) is 11.2 Å². The minimum absolute atomic E-state index is 0.0338. The largest absolute Gasteiger partial charge is 0.368 e. The number of pyridine rings is 1. The van der Waals surface area contributed by atoms with Gasteiger partial charge in [0.15, 0.2) is 0 Å². The van der Waals surface area contributed by atoms with Crippen molar-refractivity contribution in [2.24, 2.45) is 0 Å². The van der Waals surface area contributed by atoms with E-state index < -0.39 is 0 Å². The maximum Gasteiger partial charge on any atom is 0.251 e. The van der Waals surface area contributed by atoms with Crippen LogP contribution >= 0.6 is 0 Å². The number of amides is 1. The average molecular weight is 289 g/mol. The van der Waals surface area contributed by atoms with E-state index >= 15 is 0 Å². The lowest BCUT2D eigenvalue weighted by molar-refractivity contribution is -0.116. The van der Waals surface area contributed by atoms with E-state index in [0.717, 1.165) is 33.4 Å². The van der Waals surface area contributed by atoms with Gasteiger partial charge in [-0.25, -0.2) is 0 Å². The number of nitrogens with one attached hydrogen (secondary N) is 2. The molecule has 108 valence electrons. The van der Waals surface area contributed by atoms with Crippen molar-refractivity contribution in [1.82, 2.24) is 4.98 Å². The molecule has 0 saturated carbocycles. The molecule has 4 nitrogen and oxygen atoms in total. The second kappa shape index (κ2) is 4.84. The third-order valence-electron chi connectivity index (χ3n) is 3.97. The predicted molar refractivity (Wildman–Crippen MR) is 87.9 cm³/mol. The van der Waals surface area contributed by atoms with E-state index in [0.29, 0.717) is 0 Å². The van der Waals surface area contributed by atoms with Gasteiger partial charge in [0.2, 0.25) is 0 Å². The fourth-order valence-electron chi connectivity index (χ4n) is 2.90. The first-order valence-electron chi connectivity index (χ1n) is 7.24. The number of benzene rings is 2. The maximum absolute atomic E-state index is 12.3. The van der Waals surface area contributed by atoms with Crippen LogP contribution in [0.15, 0.2) is 54.7 Å². The molecule has 1 unspecified atom stereocenters. The van der Waals surface area contributed by atoms with E-state index in [2.05, 4.69) is 15.6 Å². The van der Waals surface area contributed by atoms with Crippen LogP contribution in [0.1, 0.15) is 17.2 Å². The molecule has 0 saturated heterocycles. The fourth-order valence-corrected chi connectivity index (χ4v) is 2.90. The third kappa shape index (κ3) is 2.00. The van der Waals surface area contributed by atoms with Crippen LogP contribution in [0, 0.1) is 6.92 Å². The van der Waals surface area contributed by atoms with Gasteiger partial charge in [0.25, 0.3) is 5.91 Å². The third-order valence-corrected chi connectivity index (χ3v) is 3.97. The van der Waals surface area contributed by atoms with Gasteiger partial charge in [-0.1, -0.05) is 35.9 Å². The van der Waals surface area contributed by atoms with Crippen molar-refractivity contribution in [2.75, 3.05) is 10.6 Å². The molecule has 0 aliphatic carbocycles. The molecule has 2 N–H and O–H groups in total. The molecule has 4 rings (SSSR count). The van der Waals surface area contributed by atoms with Crippen molar-refractivity contribution in [3.05, 3.63) is 65.9 Å². The molecular weight excluding hydrogens is 274 g/mol. The number of para-hydroxylation sites is 1. The highest BCUT2D eigenvalue weighted by atomic mass is 16.2. The van der Waals surface area contributed by atoms with Gasteiger partial charge in [-0.2, -0.15) is 0 Å². The monoisotopic (exact) mass is 289 g/mol. The highest BCUT2D eigenvalue weighted by Gasteiger charge is 2.30. The molecule has 2 aromatic carbocycles. The summed E-state index contributed by atoms with van der Waals surface area (Å²) in [5, 5.41) is 7.31. The Hall–Kier alpha value is -2.88. The fraction of sp³-hybridized carbons (Fsp3) is 0.111. The Morgan fingerprint density at radius 2 is 2.00 bits per heavy atom. The van der Waals surface area contributed by atoms with E-state index in [-0.39, 0.29) is 11.9 Å². The molecule has 1 aromatic heterocycles. The highest BCUT2D eigenvalue weighted by molar-refractivity contribution is 6.05. The van der Waals surface area contributed by atoms with Crippen molar-refractivity contribution in [3.63, 3.8) is 0 Å². The Morgan fingerprint density at radius 3 is 2.91 bits per heavy atom. The van der Waals surface area contributed by atoms with Crippen molar-refractivity contribution < 1.29 is 4.79 Å². The molecule has 0 spiro atoms. The van der Waals surface area contributed by atoms with Crippen LogP contribution in [0.5, 0.6) is 0 Å². The molecule has 0 bridgehead atoms. The Balaban J connectivity index is 1.78. The second-order valence-electron chi connectivity index (χ2n) is 5.54. The quantitative estimate of drug-likeness (QED) is 0.757. The summed E-state index contributed by atoms with van der Waals surface area (Å²) in [5.41, 5.74) is 4.74. The molecule has 1 aliphatic rings. The van der Waals surface area contributed by atoms with Gasteiger partial charge < -0.3 is 10.6 Å². The van der Waals surface area contributed by atoms with Crippen LogP contribution in [-0.4, -0.2) is 10.9 Å². The van der Waals surface area contributed by atoms with E-state index in [1.807, 2.05) is 55.5 Å². The van der Waals surface area contributed by atoms with Crippen LogP contribution in [0.25, 0.3) is 10.9 Å². The summed E-state index contributed by atoms with van der Waals surface area (Å²) >= 11 is 0. The molecule has 22 heavy (non-hydrogen) atoms. The molecule has 1 atom stereocenters. The van der Waals surface area contributed by atoms with E-state index in [1.165, 1.54) is 0 Å². The molecule has 2 heterocycles. The molecular formula is C18H15N3O. The van der Waals surface area contributed by atoms with Crippen molar-refractivity contribution in [3.8, 4) is 0 Å². The van der Waals surface area contributed by atoms with Crippen molar-refractivity contribution in [2.45, 2.75) is 13.0 Å². The number of nitrogens with zero attached hydrogens (tertiary/aromatic N) is 1. The highest BCUT2D eigenvalue weighted by Crippen LogP contribution is 2.35. The lowest BCUT2D eigenvalue weighted by Gasteiger charge is -2.15. The smallest absolute Gasteiger partial charge is 0.251 e. The summed E-state index contributed by atoms with van der Waals surface area (Å²) in [6.07, 6.45) is 1.76. The first kappa shape index (κ1) is 12.8. The zero-order valence-electron chi connectivity index (χ0n) is 12.1.